The zero-order valence-corrected chi connectivity index (χ0v) is 4.29. The minimum Gasteiger partial charge on any atom is -0.497 e. The monoisotopic (exact) mass is 99.1 g/mol. The Hall–Kier alpha value is -0.500. The fourth-order valence-electron chi connectivity index (χ4n) is 0.507. The summed E-state index contributed by atoms with van der Waals surface area (Å²) in [6.07, 6.45) is 3.68. The van der Waals surface area contributed by atoms with Gasteiger partial charge in [-0.05, 0) is 13.0 Å². The molecular formula is C5H9NO. The molecule has 2 nitrogen and oxygen atoms in total. The van der Waals surface area contributed by atoms with Crippen molar-refractivity contribution in [3.05, 3.63) is 12.3 Å². The van der Waals surface area contributed by atoms with Crippen molar-refractivity contribution in [2.24, 2.45) is 5.73 Å². The maximum absolute atomic E-state index is 5.47. The van der Waals surface area contributed by atoms with Crippen LogP contribution in [-0.2, 0) is 4.74 Å². The van der Waals surface area contributed by atoms with Crippen LogP contribution in [0.2, 0.25) is 0 Å². The first kappa shape index (κ1) is 4.65. The fraction of sp³-hybridized carbons (Fsp3) is 0.600. The Morgan fingerprint density at radius 2 is 2.43 bits per heavy atom. The van der Waals surface area contributed by atoms with Crippen LogP contribution in [0.1, 0.15) is 6.92 Å². The summed E-state index contributed by atoms with van der Waals surface area (Å²) in [7, 11) is 0. The smallest absolute Gasteiger partial charge is 0.114 e. The summed E-state index contributed by atoms with van der Waals surface area (Å²) in [6, 6.07) is 0.111. The predicted molar refractivity (Wildman–Crippen MR) is 27.7 cm³/mol. The molecule has 0 aromatic heterocycles. The van der Waals surface area contributed by atoms with Gasteiger partial charge in [0, 0.05) is 0 Å². The van der Waals surface area contributed by atoms with Crippen LogP contribution < -0.4 is 5.73 Å². The lowest BCUT2D eigenvalue weighted by molar-refractivity contribution is 0.176. The van der Waals surface area contributed by atoms with Crippen LogP contribution in [-0.4, -0.2) is 12.1 Å². The zero-order valence-electron chi connectivity index (χ0n) is 4.29. The van der Waals surface area contributed by atoms with E-state index >= 15 is 0 Å². The molecule has 0 saturated carbocycles. The van der Waals surface area contributed by atoms with Gasteiger partial charge in [-0.15, -0.1) is 0 Å². The number of ether oxygens (including phenoxy) is 1. The van der Waals surface area contributed by atoms with Crippen LogP contribution in [0.4, 0.5) is 0 Å². The second kappa shape index (κ2) is 1.54. The van der Waals surface area contributed by atoms with Crippen molar-refractivity contribution >= 4 is 0 Å². The maximum atomic E-state index is 5.47. The number of hydrogen-bond donors (Lipinski definition) is 1. The molecule has 0 radical (unpaired) electrons. The molecule has 1 heterocycles. The van der Waals surface area contributed by atoms with Gasteiger partial charge in [0.1, 0.15) is 6.10 Å². The van der Waals surface area contributed by atoms with E-state index in [-0.39, 0.29) is 12.1 Å². The summed E-state index contributed by atoms with van der Waals surface area (Å²) in [4.78, 5) is 0. The highest BCUT2D eigenvalue weighted by atomic mass is 16.5. The van der Waals surface area contributed by atoms with Crippen LogP contribution in [0.5, 0.6) is 0 Å². The highest BCUT2D eigenvalue weighted by molar-refractivity contribution is 4.96. The van der Waals surface area contributed by atoms with Crippen molar-refractivity contribution in [3.63, 3.8) is 0 Å². The molecular weight excluding hydrogens is 90.1 g/mol. The zero-order chi connectivity index (χ0) is 5.28. The van der Waals surface area contributed by atoms with Crippen molar-refractivity contribution in [2.45, 2.75) is 19.1 Å². The van der Waals surface area contributed by atoms with E-state index in [0.29, 0.717) is 0 Å². The summed E-state index contributed by atoms with van der Waals surface area (Å²) in [5, 5.41) is 0. The van der Waals surface area contributed by atoms with E-state index < -0.39 is 0 Å². The van der Waals surface area contributed by atoms with Crippen LogP contribution in [0.15, 0.2) is 12.3 Å². The molecule has 2 heteroatoms. The number of nitrogens with two attached hydrogens (primary N) is 1. The van der Waals surface area contributed by atoms with Gasteiger partial charge < -0.3 is 10.5 Å². The Morgan fingerprint density at radius 1 is 1.71 bits per heavy atom. The van der Waals surface area contributed by atoms with Gasteiger partial charge in [0.25, 0.3) is 0 Å². The molecule has 1 rings (SSSR count). The summed E-state index contributed by atoms with van der Waals surface area (Å²) in [5.41, 5.74) is 5.47. The van der Waals surface area contributed by atoms with Gasteiger partial charge in [-0.2, -0.15) is 0 Å². The van der Waals surface area contributed by atoms with E-state index in [1.165, 1.54) is 0 Å². The third-order valence-electron chi connectivity index (χ3n) is 1.14. The van der Waals surface area contributed by atoms with Gasteiger partial charge in [0.05, 0.1) is 12.3 Å². The molecule has 2 N–H and O–H groups in total. The van der Waals surface area contributed by atoms with E-state index in [4.69, 9.17) is 10.5 Å². The minimum absolute atomic E-state index is 0.111. The van der Waals surface area contributed by atoms with Gasteiger partial charge >= 0.3 is 0 Å². The Kier molecular flexibility index (Phi) is 1.02. The normalized spacial score (nSPS) is 38.6. The third kappa shape index (κ3) is 0.747. The van der Waals surface area contributed by atoms with E-state index in [1.807, 2.05) is 13.0 Å². The molecule has 0 bridgehead atoms. The van der Waals surface area contributed by atoms with Gasteiger partial charge in [-0.1, -0.05) is 0 Å². The van der Waals surface area contributed by atoms with Crippen molar-refractivity contribution < 1.29 is 4.74 Å². The molecule has 0 amide bonds. The van der Waals surface area contributed by atoms with Crippen LogP contribution in [0.25, 0.3) is 0 Å². The highest BCUT2D eigenvalue weighted by Gasteiger charge is 2.13. The molecule has 0 aromatic rings. The van der Waals surface area contributed by atoms with Crippen molar-refractivity contribution in [2.75, 3.05) is 0 Å². The first-order chi connectivity index (χ1) is 3.30. The quantitative estimate of drug-likeness (QED) is 0.472. The molecule has 7 heavy (non-hydrogen) atoms. The van der Waals surface area contributed by atoms with E-state index in [1.54, 1.807) is 6.26 Å². The third-order valence-corrected chi connectivity index (χ3v) is 1.14. The summed E-state index contributed by atoms with van der Waals surface area (Å²) < 4.78 is 4.96. The van der Waals surface area contributed by atoms with Crippen molar-refractivity contribution in [1.82, 2.24) is 0 Å². The van der Waals surface area contributed by atoms with Gasteiger partial charge in [-0.3, -0.25) is 0 Å². The molecule has 0 aromatic carbocycles. The molecule has 0 spiro atoms. The van der Waals surface area contributed by atoms with E-state index in [9.17, 15) is 0 Å². The van der Waals surface area contributed by atoms with Crippen LogP contribution in [0, 0.1) is 0 Å². The van der Waals surface area contributed by atoms with Crippen molar-refractivity contribution in [1.29, 1.82) is 0 Å². The Balaban J connectivity index is 2.45. The molecule has 2 unspecified atom stereocenters. The van der Waals surface area contributed by atoms with E-state index in [0.717, 1.165) is 0 Å². The second-order valence-corrected chi connectivity index (χ2v) is 1.75. The fourth-order valence-corrected chi connectivity index (χ4v) is 0.507. The summed E-state index contributed by atoms with van der Waals surface area (Å²) in [5.74, 6) is 0. The minimum atomic E-state index is 0.111. The van der Waals surface area contributed by atoms with Gasteiger partial charge in [0.2, 0.25) is 0 Å². The largest absolute Gasteiger partial charge is 0.497 e. The molecule has 40 valence electrons. The molecule has 0 fully saturated rings. The van der Waals surface area contributed by atoms with Crippen LogP contribution in [0.3, 0.4) is 0 Å². The topological polar surface area (TPSA) is 35.2 Å². The molecule has 1 aliphatic heterocycles. The standard InChI is InChI=1S/C5H9NO/c1-4-5(6)2-3-7-4/h2-5H,6H2,1H3. The number of rotatable bonds is 0. The Labute approximate surface area is 43.0 Å². The summed E-state index contributed by atoms with van der Waals surface area (Å²) in [6.45, 7) is 1.95. The first-order valence-corrected chi connectivity index (χ1v) is 2.38. The average molecular weight is 99.1 g/mol. The second-order valence-electron chi connectivity index (χ2n) is 1.75. The highest BCUT2D eigenvalue weighted by Crippen LogP contribution is 2.05. The lowest BCUT2D eigenvalue weighted by atomic mass is 10.2. The predicted octanol–water partition coefficient (Wildman–Crippen LogP) is 0.246. The average Bonchev–Trinajstić information content (AvgIpc) is 1.91. The number of hydrogen-bond acceptors (Lipinski definition) is 2. The Morgan fingerprint density at radius 3 is 2.57 bits per heavy atom. The molecule has 1 aliphatic rings. The maximum Gasteiger partial charge on any atom is 0.114 e. The lowest BCUT2D eigenvalue weighted by Gasteiger charge is -2.06. The SMILES string of the molecule is CC1OC=CC1N. The Bertz CT molecular complexity index is 90.1. The van der Waals surface area contributed by atoms with Crippen molar-refractivity contribution in [3.8, 4) is 0 Å². The first-order valence-electron chi connectivity index (χ1n) is 2.38. The molecule has 2 atom stereocenters. The molecule has 0 aliphatic carbocycles. The van der Waals surface area contributed by atoms with Crippen LogP contribution >= 0.6 is 0 Å². The van der Waals surface area contributed by atoms with Gasteiger partial charge in [-0.25, -0.2) is 0 Å². The van der Waals surface area contributed by atoms with Gasteiger partial charge in [0.15, 0.2) is 0 Å². The molecule has 0 saturated heterocycles. The summed E-state index contributed by atoms with van der Waals surface area (Å²) >= 11 is 0. The van der Waals surface area contributed by atoms with E-state index in [2.05, 4.69) is 0 Å². The lowest BCUT2D eigenvalue weighted by Crippen LogP contribution is -2.26.